The van der Waals surface area contributed by atoms with E-state index < -0.39 is 0 Å². The molecule has 0 aromatic heterocycles. The lowest BCUT2D eigenvalue weighted by molar-refractivity contribution is 0.281. The van der Waals surface area contributed by atoms with E-state index in [4.69, 9.17) is 5.73 Å². The summed E-state index contributed by atoms with van der Waals surface area (Å²) in [5.41, 5.74) is 6.87. The van der Waals surface area contributed by atoms with Crippen LogP contribution in [0.1, 0.15) is 25.8 Å². The molecule has 1 aromatic carbocycles. The van der Waals surface area contributed by atoms with Crippen LogP contribution in [0.3, 0.4) is 0 Å². The first-order chi connectivity index (χ1) is 7.48. The van der Waals surface area contributed by atoms with E-state index in [1.54, 1.807) is 6.07 Å². The summed E-state index contributed by atoms with van der Waals surface area (Å²) in [6, 6.07) is 5.23. The van der Waals surface area contributed by atoms with Crippen LogP contribution in [-0.2, 0) is 6.54 Å². The van der Waals surface area contributed by atoms with Crippen molar-refractivity contribution in [3.8, 4) is 0 Å². The van der Waals surface area contributed by atoms with Crippen LogP contribution in [0, 0.1) is 11.2 Å². The van der Waals surface area contributed by atoms with Gasteiger partial charge in [0, 0.05) is 18.7 Å². The summed E-state index contributed by atoms with van der Waals surface area (Å²) in [6.07, 6.45) is 1.18. The van der Waals surface area contributed by atoms with Gasteiger partial charge in [0.1, 0.15) is 0 Å². The lowest BCUT2D eigenvalue weighted by Gasteiger charge is -2.20. The predicted molar refractivity (Wildman–Crippen MR) is 64.5 cm³/mol. The number of nitrogens with zero attached hydrogens (tertiary/aromatic N) is 1. The highest BCUT2D eigenvalue weighted by atomic mass is 19.1. The lowest BCUT2D eigenvalue weighted by atomic mass is 9.93. The van der Waals surface area contributed by atoms with Gasteiger partial charge < -0.3 is 5.73 Å². The summed E-state index contributed by atoms with van der Waals surface area (Å²) >= 11 is 0. The van der Waals surface area contributed by atoms with Crippen LogP contribution < -0.4 is 5.73 Å². The second-order valence-corrected chi connectivity index (χ2v) is 5.45. The second-order valence-electron chi connectivity index (χ2n) is 5.45. The van der Waals surface area contributed by atoms with Crippen LogP contribution >= 0.6 is 0 Å². The van der Waals surface area contributed by atoms with Crippen LogP contribution in [0.2, 0.25) is 0 Å². The van der Waals surface area contributed by atoms with Gasteiger partial charge in [-0.05, 0) is 24.4 Å². The molecule has 1 aromatic rings. The first-order valence-corrected chi connectivity index (χ1v) is 5.73. The Morgan fingerprint density at radius 3 is 2.81 bits per heavy atom. The first kappa shape index (κ1) is 11.4. The van der Waals surface area contributed by atoms with Crippen molar-refractivity contribution in [2.75, 3.05) is 18.8 Å². The zero-order valence-corrected chi connectivity index (χ0v) is 9.96. The summed E-state index contributed by atoms with van der Waals surface area (Å²) in [5, 5.41) is 0. The third-order valence-electron chi connectivity index (χ3n) is 3.26. The molecule has 1 fully saturated rings. The fraction of sp³-hybridized carbons (Fsp3) is 0.538. The van der Waals surface area contributed by atoms with Gasteiger partial charge in [0.15, 0.2) is 5.82 Å². The Labute approximate surface area is 96.2 Å². The number of anilines is 1. The smallest absolute Gasteiger partial charge is 0.150 e. The number of halogens is 1. The van der Waals surface area contributed by atoms with E-state index in [0.717, 1.165) is 13.1 Å². The first-order valence-electron chi connectivity index (χ1n) is 5.73. The van der Waals surface area contributed by atoms with Gasteiger partial charge in [-0.25, -0.2) is 4.39 Å². The van der Waals surface area contributed by atoms with E-state index in [1.807, 2.05) is 12.1 Å². The maximum atomic E-state index is 13.7. The van der Waals surface area contributed by atoms with Crippen LogP contribution in [-0.4, -0.2) is 18.0 Å². The molecule has 2 nitrogen and oxygen atoms in total. The highest BCUT2D eigenvalue weighted by Gasteiger charge is 2.29. The molecule has 2 rings (SSSR count). The number of rotatable bonds is 2. The molecule has 16 heavy (non-hydrogen) atoms. The average Bonchev–Trinajstić information content (AvgIpc) is 2.53. The van der Waals surface area contributed by atoms with Crippen LogP contribution in [0.5, 0.6) is 0 Å². The lowest BCUT2D eigenvalue weighted by Crippen LogP contribution is -2.23. The molecule has 0 bridgehead atoms. The van der Waals surface area contributed by atoms with Gasteiger partial charge in [-0.15, -0.1) is 0 Å². The molecule has 3 heteroatoms. The summed E-state index contributed by atoms with van der Waals surface area (Å²) in [4.78, 5) is 2.29. The van der Waals surface area contributed by atoms with Crippen LogP contribution in [0.15, 0.2) is 18.2 Å². The van der Waals surface area contributed by atoms with Gasteiger partial charge in [0.2, 0.25) is 0 Å². The van der Waals surface area contributed by atoms with E-state index in [2.05, 4.69) is 18.7 Å². The number of hydrogen-bond acceptors (Lipinski definition) is 2. The molecule has 0 aliphatic carbocycles. The van der Waals surface area contributed by atoms with Gasteiger partial charge in [-0.3, -0.25) is 4.90 Å². The monoisotopic (exact) mass is 222 g/mol. The highest BCUT2D eigenvalue weighted by Crippen LogP contribution is 2.30. The molecule has 1 aliphatic rings. The van der Waals surface area contributed by atoms with Crippen molar-refractivity contribution in [3.63, 3.8) is 0 Å². The van der Waals surface area contributed by atoms with E-state index in [9.17, 15) is 4.39 Å². The Kier molecular flexibility index (Phi) is 2.89. The highest BCUT2D eigenvalue weighted by molar-refractivity contribution is 5.42. The summed E-state index contributed by atoms with van der Waals surface area (Å²) in [6.45, 7) is 7.24. The zero-order chi connectivity index (χ0) is 11.8. The summed E-state index contributed by atoms with van der Waals surface area (Å²) in [7, 11) is 0. The molecular formula is C13H19FN2. The number of nitrogens with two attached hydrogens (primary N) is 1. The molecule has 1 aliphatic heterocycles. The number of benzene rings is 1. The molecule has 2 N–H and O–H groups in total. The third-order valence-corrected chi connectivity index (χ3v) is 3.26. The van der Waals surface area contributed by atoms with Gasteiger partial charge in [-0.2, -0.15) is 0 Å². The molecule has 0 amide bonds. The van der Waals surface area contributed by atoms with Crippen LogP contribution in [0.25, 0.3) is 0 Å². The Morgan fingerprint density at radius 2 is 2.19 bits per heavy atom. The average molecular weight is 222 g/mol. The summed E-state index contributed by atoms with van der Waals surface area (Å²) < 4.78 is 13.7. The minimum Gasteiger partial charge on any atom is -0.396 e. The van der Waals surface area contributed by atoms with Crippen molar-refractivity contribution in [1.82, 2.24) is 4.90 Å². The molecule has 0 unspecified atom stereocenters. The number of likely N-dealkylation sites (tertiary alicyclic amines) is 1. The fourth-order valence-electron chi connectivity index (χ4n) is 2.32. The Morgan fingerprint density at radius 1 is 1.44 bits per heavy atom. The molecule has 1 heterocycles. The van der Waals surface area contributed by atoms with Gasteiger partial charge >= 0.3 is 0 Å². The van der Waals surface area contributed by atoms with E-state index in [0.29, 0.717) is 17.5 Å². The minimum absolute atomic E-state index is 0.246. The molecule has 88 valence electrons. The minimum atomic E-state index is -0.257. The Balaban J connectivity index is 2.08. The van der Waals surface area contributed by atoms with Crippen molar-refractivity contribution in [2.45, 2.75) is 26.8 Å². The topological polar surface area (TPSA) is 29.3 Å². The normalized spacial score (nSPS) is 20.2. The molecule has 1 saturated heterocycles. The van der Waals surface area contributed by atoms with Crippen molar-refractivity contribution in [1.29, 1.82) is 0 Å². The van der Waals surface area contributed by atoms with E-state index >= 15 is 0 Å². The van der Waals surface area contributed by atoms with Gasteiger partial charge in [-0.1, -0.05) is 26.0 Å². The Hall–Kier alpha value is -1.09. The fourth-order valence-corrected chi connectivity index (χ4v) is 2.32. The van der Waals surface area contributed by atoms with Crippen molar-refractivity contribution in [3.05, 3.63) is 29.6 Å². The maximum Gasteiger partial charge on any atom is 0.150 e. The van der Waals surface area contributed by atoms with Crippen LogP contribution in [0.4, 0.5) is 10.1 Å². The molecule has 0 atom stereocenters. The van der Waals surface area contributed by atoms with Crippen molar-refractivity contribution < 1.29 is 4.39 Å². The third kappa shape index (κ3) is 2.35. The molecular weight excluding hydrogens is 203 g/mol. The van der Waals surface area contributed by atoms with Gasteiger partial charge in [0.05, 0.1) is 5.69 Å². The number of hydrogen-bond donors (Lipinski definition) is 1. The van der Waals surface area contributed by atoms with Crippen molar-refractivity contribution in [2.24, 2.45) is 5.41 Å². The van der Waals surface area contributed by atoms with E-state index in [-0.39, 0.29) is 11.5 Å². The predicted octanol–water partition coefficient (Wildman–Crippen LogP) is 2.64. The van der Waals surface area contributed by atoms with E-state index in [1.165, 1.54) is 6.42 Å². The number of nitrogen functional groups attached to an aromatic ring is 1. The summed E-state index contributed by atoms with van der Waals surface area (Å²) in [5.74, 6) is -0.257. The second kappa shape index (κ2) is 4.06. The SMILES string of the molecule is CC1(C)CCN(Cc2cccc(N)c2F)C1. The molecule has 0 spiro atoms. The maximum absolute atomic E-state index is 13.7. The standard InChI is InChI=1S/C13H19FN2/c1-13(2)6-7-16(9-13)8-10-4-3-5-11(15)12(10)14/h3-5H,6-9,15H2,1-2H3. The van der Waals surface area contributed by atoms with Gasteiger partial charge in [0.25, 0.3) is 0 Å². The zero-order valence-electron chi connectivity index (χ0n) is 9.96. The quantitative estimate of drug-likeness (QED) is 0.779. The molecule has 0 radical (unpaired) electrons. The van der Waals surface area contributed by atoms with Crippen molar-refractivity contribution >= 4 is 5.69 Å². The molecule has 0 saturated carbocycles. The Bertz CT molecular complexity index is 388. The largest absolute Gasteiger partial charge is 0.396 e.